The minimum absolute atomic E-state index is 0.0512. The van der Waals surface area contributed by atoms with Crippen LogP contribution in [-0.4, -0.2) is 35.5 Å². The highest BCUT2D eigenvalue weighted by atomic mass is 16.2. The smallest absolute Gasteiger partial charge is 0.253 e. The Labute approximate surface area is 178 Å². The number of likely N-dealkylation sites (tertiary alicyclic amines) is 1. The van der Waals surface area contributed by atoms with Crippen LogP contribution in [0.5, 0.6) is 0 Å². The maximum atomic E-state index is 13.2. The molecule has 1 heterocycles. The zero-order valence-electron chi connectivity index (χ0n) is 18.0. The van der Waals surface area contributed by atoms with Crippen LogP contribution in [0, 0.1) is 32.6 Å². The molecule has 1 saturated heterocycles. The third-order valence-electron chi connectivity index (χ3n) is 6.69. The first-order chi connectivity index (χ1) is 14.3. The second kappa shape index (κ2) is 8.17. The summed E-state index contributed by atoms with van der Waals surface area (Å²) >= 11 is 0. The summed E-state index contributed by atoms with van der Waals surface area (Å²) < 4.78 is 0. The molecular weight excluding hydrogens is 374 g/mol. The van der Waals surface area contributed by atoms with Crippen molar-refractivity contribution in [1.29, 1.82) is 0 Å². The van der Waals surface area contributed by atoms with Gasteiger partial charge in [0.05, 0.1) is 0 Å². The van der Waals surface area contributed by atoms with Crippen LogP contribution in [0.4, 0.5) is 0 Å². The number of carbonyl (C=O) groups excluding carboxylic acids is 3. The van der Waals surface area contributed by atoms with Crippen LogP contribution in [0.25, 0.3) is 0 Å². The molecule has 0 spiro atoms. The van der Waals surface area contributed by atoms with Gasteiger partial charge in [0.25, 0.3) is 5.91 Å². The number of hydrogen-bond donors (Lipinski definition) is 0. The van der Waals surface area contributed by atoms with Crippen molar-refractivity contribution in [2.24, 2.45) is 11.8 Å². The molecular formula is C26H29NO3. The van der Waals surface area contributed by atoms with E-state index < -0.39 is 5.92 Å². The number of benzene rings is 2. The molecule has 2 aliphatic rings. The predicted molar refractivity (Wildman–Crippen MR) is 117 cm³/mol. The number of aryl methyl sites for hydroxylation is 3. The van der Waals surface area contributed by atoms with Crippen molar-refractivity contribution in [1.82, 2.24) is 4.90 Å². The Morgan fingerprint density at radius 3 is 2.37 bits per heavy atom. The van der Waals surface area contributed by atoms with Crippen molar-refractivity contribution in [3.63, 3.8) is 0 Å². The Balaban J connectivity index is 1.44. The van der Waals surface area contributed by atoms with Gasteiger partial charge in [0.1, 0.15) is 11.7 Å². The minimum atomic E-state index is -0.612. The summed E-state index contributed by atoms with van der Waals surface area (Å²) in [4.78, 5) is 40.6. The lowest BCUT2D eigenvalue weighted by molar-refractivity contribution is -0.125. The quantitative estimate of drug-likeness (QED) is 0.711. The molecule has 4 nitrogen and oxygen atoms in total. The fourth-order valence-corrected chi connectivity index (χ4v) is 5.38. The Kier molecular flexibility index (Phi) is 5.59. The number of ketones is 2. The predicted octanol–water partition coefficient (Wildman–Crippen LogP) is 4.41. The minimum Gasteiger partial charge on any atom is -0.338 e. The van der Waals surface area contributed by atoms with Gasteiger partial charge in [0.2, 0.25) is 0 Å². The van der Waals surface area contributed by atoms with Gasteiger partial charge in [-0.1, -0.05) is 35.9 Å². The van der Waals surface area contributed by atoms with Crippen LogP contribution < -0.4 is 0 Å². The molecule has 2 fully saturated rings. The average molecular weight is 404 g/mol. The molecule has 156 valence electrons. The SMILES string of the molecule is Cc1cc(C)c(C2C(=O)CC(CC3CCN(C(=O)c4ccccc4)C3)C2=O)c(C)c1. The van der Waals surface area contributed by atoms with Crippen LogP contribution in [-0.2, 0) is 9.59 Å². The van der Waals surface area contributed by atoms with E-state index in [0.29, 0.717) is 31.5 Å². The average Bonchev–Trinajstić information content (AvgIpc) is 3.27. The zero-order valence-corrected chi connectivity index (χ0v) is 18.0. The van der Waals surface area contributed by atoms with E-state index in [2.05, 4.69) is 12.1 Å². The molecule has 3 atom stereocenters. The van der Waals surface area contributed by atoms with Crippen LogP contribution in [0.1, 0.15) is 57.8 Å². The summed E-state index contributed by atoms with van der Waals surface area (Å²) in [6, 6.07) is 13.4. The van der Waals surface area contributed by atoms with Crippen LogP contribution in [0.3, 0.4) is 0 Å². The van der Waals surface area contributed by atoms with Gasteiger partial charge in [-0.25, -0.2) is 0 Å². The highest BCUT2D eigenvalue weighted by Crippen LogP contribution is 2.39. The van der Waals surface area contributed by atoms with E-state index in [4.69, 9.17) is 0 Å². The monoisotopic (exact) mass is 403 g/mol. The fraction of sp³-hybridized carbons (Fsp3) is 0.423. The van der Waals surface area contributed by atoms with Crippen molar-refractivity contribution in [2.45, 2.75) is 46.0 Å². The van der Waals surface area contributed by atoms with Gasteiger partial charge in [-0.3, -0.25) is 14.4 Å². The lowest BCUT2D eigenvalue weighted by Crippen LogP contribution is -2.29. The number of Topliss-reactive ketones (excluding diaryl/α,β-unsaturated/α-hetero) is 2. The van der Waals surface area contributed by atoms with Gasteiger partial charge in [-0.05, 0) is 68.4 Å². The van der Waals surface area contributed by atoms with Crippen molar-refractivity contribution in [2.75, 3.05) is 13.1 Å². The maximum absolute atomic E-state index is 13.2. The van der Waals surface area contributed by atoms with Crippen LogP contribution in [0.2, 0.25) is 0 Å². The Morgan fingerprint density at radius 2 is 1.70 bits per heavy atom. The summed E-state index contributed by atoms with van der Waals surface area (Å²) in [5.41, 5.74) is 4.82. The molecule has 3 unspecified atom stereocenters. The molecule has 0 bridgehead atoms. The Bertz CT molecular complexity index is 972. The first-order valence-corrected chi connectivity index (χ1v) is 10.8. The van der Waals surface area contributed by atoms with Crippen molar-refractivity contribution in [3.8, 4) is 0 Å². The third-order valence-corrected chi connectivity index (χ3v) is 6.69. The van der Waals surface area contributed by atoms with E-state index in [-0.39, 0.29) is 29.3 Å². The molecule has 4 heteroatoms. The molecule has 1 aliphatic carbocycles. The third kappa shape index (κ3) is 3.83. The van der Waals surface area contributed by atoms with E-state index in [9.17, 15) is 14.4 Å². The summed E-state index contributed by atoms with van der Waals surface area (Å²) in [6.45, 7) is 7.40. The highest BCUT2D eigenvalue weighted by molar-refractivity contribution is 6.15. The molecule has 30 heavy (non-hydrogen) atoms. The van der Waals surface area contributed by atoms with Gasteiger partial charge >= 0.3 is 0 Å². The van der Waals surface area contributed by atoms with Crippen molar-refractivity contribution >= 4 is 17.5 Å². The van der Waals surface area contributed by atoms with Gasteiger partial charge in [0.15, 0.2) is 5.78 Å². The molecule has 0 aromatic heterocycles. The molecule has 1 saturated carbocycles. The van der Waals surface area contributed by atoms with Gasteiger partial charge in [0, 0.05) is 31.0 Å². The van der Waals surface area contributed by atoms with E-state index in [1.54, 1.807) is 0 Å². The summed E-state index contributed by atoms with van der Waals surface area (Å²) in [5, 5.41) is 0. The maximum Gasteiger partial charge on any atom is 0.253 e. The second-order valence-electron chi connectivity index (χ2n) is 9.02. The summed E-state index contributed by atoms with van der Waals surface area (Å²) in [5.74, 6) is -0.384. The number of rotatable bonds is 4. The molecule has 0 radical (unpaired) electrons. The highest BCUT2D eigenvalue weighted by Gasteiger charge is 2.44. The molecule has 4 rings (SSSR count). The molecule has 0 N–H and O–H groups in total. The number of amides is 1. The first-order valence-electron chi connectivity index (χ1n) is 10.8. The Morgan fingerprint density at radius 1 is 1.03 bits per heavy atom. The van der Waals surface area contributed by atoms with Crippen LogP contribution in [0.15, 0.2) is 42.5 Å². The number of hydrogen-bond acceptors (Lipinski definition) is 3. The zero-order chi connectivity index (χ0) is 21.4. The lowest BCUT2D eigenvalue weighted by Gasteiger charge is -2.19. The first kappa shape index (κ1) is 20.5. The number of carbonyl (C=O) groups is 3. The summed E-state index contributed by atoms with van der Waals surface area (Å²) in [7, 11) is 0. The summed E-state index contributed by atoms with van der Waals surface area (Å²) in [6.07, 6.45) is 1.92. The molecule has 2 aromatic carbocycles. The Hall–Kier alpha value is -2.75. The molecule has 2 aromatic rings. The van der Waals surface area contributed by atoms with E-state index in [0.717, 1.165) is 28.7 Å². The topological polar surface area (TPSA) is 54.5 Å². The standard InChI is InChI=1S/C26H29NO3/c1-16-11-17(2)23(18(3)12-16)24-22(28)14-21(25(24)29)13-19-9-10-27(15-19)26(30)20-7-5-4-6-8-20/h4-8,11-12,19,21,24H,9-10,13-15H2,1-3H3. The van der Waals surface area contributed by atoms with Crippen LogP contribution >= 0.6 is 0 Å². The fourth-order valence-electron chi connectivity index (χ4n) is 5.38. The number of nitrogens with zero attached hydrogens (tertiary/aromatic N) is 1. The van der Waals surface area contributed by atoms with Gasteiger partial charge in [-0.2, -0.15) is 0 Å². The van der Waals surface area contributed by atoms with E-state index >= 15 is 0 Å². The van der Waals surface area contributed by atoms with E-state index in [1.165, 1.54) is 0 Å². The molecule has 1 amide bonds. The normalized spacial score (nSPS) is 24.0. The van der Waals surface area contributed by atoms with E-state index in [1.807, 2.05) is 56.0 Å². The largest absolute Gasteiger partial charge is 0.338 e. The second-order valence-corrected chi connectivity index (χ2v) is 9.02. The lowest BCUT2D eigenvalue weighted by atomic mass is 9.85. The van der Waals surface area contributed by atoms with Crippen molar-refractivity contribution < 1.29 is 14.4 Å². The van der Waals surface area contributed by atoms with Gasteiger partial charge < -0.3 is 4.90 Å². The van der Waals surface area contributed by atoms with Gasteiger partial charge in [-0.15, -0.1) is 0 Å². The van der Waals surface area contributed by atoms with Crippen molar-refractivity contribution in [3.05, 3.63) is 70.3 Å². The molecule has 1 aliphatic heterocycles.